The molecule has 1 amide bonds. The highest BCUT2D eigenvalue weighted by molar-refractivity contribution is 7.98. The Balaban J connectivity index is 0.000000624. The second kappa shape index (κ2) is 22.2. The number of hydrogen-bond acceptors (Lipinski definition) is 5. The Morgan fingerprint density at radius 1 is 1.05 bits per heavy atom. The maximum absolute atomic E-state index is 13.1. The molecule has 1 aliphatic heterocycles. The number of aryl methyl sites for hydroxylation is 1. The fourth-order valence-corrected chi connectivity index (χ4v) is 5.52. The van der Waals surface area contributed by atoms with E-state index in [4.69, 9.17) is 4.74 Å². The molecule has 3 rings (SSSR count). The molecular formula is C35H56N2O4S. The molecule has 0 radical (unpaired) electrons. The normalized spacial score (nSPS) is 14.2. The zero-order chi connectivity index (χ0) is 31.3. The van der Waals surface area contributed by atoms with Crippen LogP contribution in [0.3, 0.4) is 0 Å². The maximum Gasteiger partial charge on any atom is 0.326 e. The topological polar surface area (TPSA) is 78.9 Å². The third-order valence-electron chi connectivity index (χ3n) is 7.53. The average molecular weight is 601 g/mol. The molecule has 0 spiro atoms. The van der Waals surface area contributed by atoms with E-state index in [2.05, 4.69) is 30.1 Å². The van der Waals surface area contributed by atoms with Crippen LogP contribution < -0.4 is 5.32 Å². The number of nitrogens with one attached hydrogen (secondary N) is 1. The van der Waals surface area contributed by atoms with Gasteiger partial charge in [0.25, 0.3) is 5.91 Å². The Morgan fingerprint density at radius 3 is 2.31 bits per heavy atom. The summed E-state index contributed by atoms with van der Waals surface area (Å²) in [4.78, 5) is 27.1. The average Bonchev–Trinajstić information content (AvgIpc) is 3.52. The quantitative estimate of drug-likeness (QED) is 0.215. The van der Waals surface area contributed by atoms with Gasteiger partial charge in [-0.15, -0.1) is 0 Å². The van der Waals surface area contributed by atoms with Gasteiger partial charge < -0.3 is 15.2 Å². The minimum atomic E-state index is -1.000. The summed E-state index contributed by atoms with van der Waals surface area (Å²) in [5.41, 5.74) is 4.63. The molecule has 1 heterocycles. The van der Waals surface area contributed by atoms with Gasteiger partial charge in [-0.05, 0) is 98.0 Å². The largest absolute Gasteiger partial charge is 0.480 e. The molecule has 1 aliphatic rings. The highest BCUT2D eigenvalue weighted by atomic mass is 32.2. The molecule has 42 heavy (non-hydrogen) atoms. The van der Waals surface area contributed by atoms with Crippen LogP contribution >= 0.6 is 11.8 Å². The monoisotopic (exact) mass is 600 g/mol. The van der Waals surface area contributed by atoms with E-state index in [0.29, 0.717) is 17.7 Å². The summed E-state index contributed by atoms with van der Waals surface area (Å²) in [7, 11) is 1.79. The third kappa shape index (κ3) is 13.3. The number of nitrogens with zero attached hydrogens (tertiary/aromatic N) is 1. The van der Waals surface area contributed by atoms with Crippen molar-refractivity contribution in [3.05, 3.63) is 59.2 Å². The second-order valence-corrected chi connectivity index (χ2v) is 11.7. The van der Waals surface area contributed by atoms with Crippen molar-refractivity contribution in [2.24, 2.45) is 5.92 Å². The number of benzene rings is 2. The van der Waals surface area contributed by atoms with E-state index in [9.17, 15) is 14.7 Å². The number of hydrogen-bond donors (Lipinski definition) is 2. The van der Waals surface area contributed by atoms with E-state index >= 15 is 0 Å². The number of rotatable bonds is 15. The molecule has 6 nitrogen and oxygen atoms in total. The number of carboxylic acid groups (broad SMARTS) is 1. The summed E-state index contributed by atoms with van der Waals surface area (Å²) < 4.78 is 5.09. The Labute approximate surface area is 260 Å². The minimum absolute atomic E-state index is 0.338. The first-order chi connectivity index (χ1) is 20.3. The number of amides is 1. The molecular weight excluding hydrogens is 544 g/mol. The lowest BCUT2D eigenvalue weighted by Crippen LogP contribution is -2.41. The zero-order valence-electron chi connectivity index (χ0n) is 27.2. The fraction of sp³-hybridized carbons (Fsp3) is 0.600. The first kappa shape index (κ1) is 37.7. The number of aliphatic carboxylic acids is 1. The van der Waals surface area contributed by atoms with Crippen molar-refractivity contribution >= 4 is 23.6 Å². The molecule has 2 aromatic carbocycles. The Kier molecular flexibility index (Phi) is 19.9. The molecule has 2 unspecified atom stereocenters. The van der Waals surface area contributed by atoms with Gasteiger partial charge in [0.1, 0.15) is 6.04 Å². The van der Waals surface area contributed by atoms with E-state index in [0.717, 1.165) is 48.8 Å². The van der Waals surface area contributed by atoms with Gasteiger partial charge >= 0.3 is 5.97 Å². The Hall–Kier alpha value is -2.35. The fourth-order valence-electron chi connectivity index (χ4n) is 5.05. The van der Waals surface area contributed by atoms with Gasteiger partial charge in [-0.2, -0.15) is 11.8 Å². The number of carbonyl (C=O) groups excluding carboxylic acids is 1. The van der Waals surface area contributed by atoms with Crippen molar-refractivity contribution in [2.75, 3.05) is 38.8 Å². The number of carbonyl (C=O) groups is 2. The molecule has 236 valence electrons. The van der Waals surface area contributed by atoms with E-state index in [-0.39, 0.29) is 5.91 Å². The van der Waals surface area contributed by atoms with E-state index in [1.165, 1.54) is 44.1 Å². The summed E-state index contributed by atoms with van der Waals surface area (Å²) >= 11 is 1.57. The molecule has 1 saturated heterocycles. The molecule has 0 saturated carbocycles. The van der Waals surface area contributed by atoms with Crippen LogP contribution in [-0.2, 0) is 16.1 Å². The summed E-state index contributed by atoms with van der Waals surface area (Å²) in [5.74, 6) is 0.136. The van der Waals surface area contributed by atoms with Crippen LogP contribution in [-0.4, -0.2) is 66.7 Å². The van der Waals surface area contributed by atoms with Crippen molar-refractivity contribution in [2.45, 2.75) is 92.2 Å². The molecule has 0 aliphatic carbocycles. The predicted molar refractivity (Wildman–Crippen MR) is 180 cm³/mol. The van der Waals surface area contributed by atoms with Crippen LogP contribution in [0.5, 0.6) is 0 Å². The number of carboxylic acids is 1. The van der Waals surface area contributed by atoms with Gasteiger partial charge in [-0.1, -0.05) is 77.3 Å². The van der Waals surface area contributed by atoms with Gasteiger partial charge in [0.05, 0.1) is 0 Å². The lowest BCUT2D eigenvalue weighted by molar-refractivity contribution is -0.139. The lowest BCUT2D eigenvalue weighted by Gasteiger charge is -2.19. The van der Waals surface area contributed by atoms with Gasteiger partial charge in [0, 0.05) is 25.8 Å². The van der Waals surface area contributed by atoms with Crippen molar-refractivity contribution < 1.29 is 19.4 Å². The maximum atomic E-state index is 13.1. The van der Waals surface area contributed by atoms with Crippen molar-refractivity contribution in [1.29, 1.82) is 0 Å². The summed E-state index contributed by atoms with van der Waals surface area (Å²) in [6.45, 7) is 14.5. The SMILES string of the molecule is CC.CCCCC(CC)COC.CSCCC(NC(=O)c1ccc(CN2CCCC2)cc1-c1ccccc1C)C(=O)O. The van der Waals surface area contributed by atoms with Gasteiger partial charge in [0.15, 0.2) is 0 Å². The molecule has 1 fully saturated rings. The lowest BCUT2D eigenvalue weighted by atomic mass is 9.93. The molecule has 2 atom stereocenters. The summed E-state index contributed by atoms with van der Waals surface area (Å²) in [6, 6.07) is 13.0. The van der Waals surface area contributed by atoms with E-state index in [1.54, 1.807) is 18.9 Å². The highest BCUT2D eigenvalue weighted by Gasteiger charge is 2.23. The number of methoxy groups -OCH3 is 1. The van der Waals surface area contributed by atoms with Crippen LogP contribution in [0.2, 0.25) is 0 Å². The van der Waals surface area contributed by atoms with E-state index < -0.39 is 12.0 Å². The third-order valence-corrected chi connectivity index (χ3v) is 8.17. The van der Waals surface area contributed by atoms with Crippen LogP contribution in [0, 0.1) is 12.8 Å². The first-order valence-electron chi connectivity index (χ1n) is 15.8. The summed E-state index contributed by atoms with van der Waals surface area (Å²) in [5, 5.41) is 12.2. The van der Waals surface area contributed by atoms with Crippen LogP contribution in [0.15, 0.2) is 42.5 Å². The number of likely N-dealkylation sites (tertiary alicyclic amines) is 1. The van der Waals surface area contributed by atoms with Crippen LogP contribution in [0.25, 0.3) is 11.1 Å². The number of ether oxygens (including phenoxy) is 1. The molecule has 7 heteroatoms. The Morgan fingerprint density at radius 2 is 1.74 bits per heavy atom. The first-order valence-corrected chi connectivity index (χ1v) is 17.2. The van der Waals surface area contributed by atoms with Crippen molar-refractivity contribution in [3.8, 4) is 11.1 Å². The minimum Gasteiger partial charge on any atom is -0.480 e. The molecule has 0 aromatic heterocycles. The van der Waals surface area contributed by atoms with E-state index in [1.807, 2.05) is 63.4 Å². The number of thioether (sulfide) groups is 1. The summed E-state index contributed by atoms with van der Waals surface area (Å²) in [6.07, 6.45) is 10.0. The second-order valence-electron chi connectivity index (χ2n) is 10.7. The predicted octanol–water partition coefficient (Wildman–Crippen LogP) is 8.07. The Bertz CT molecular complexity index is 1040. The van der Waals surface area contributed by atoms with Gasteiger partial charge in [-0.25, -0.2) is 4.79 Å². The molecule has 2 aromatic rings. The van der Waals surface area contributed by atoms with Crippen molar-refractivity contribution in [3.63, 3.8) is 0 Å². The highest BCUT2D eigenvalue weighted by Crippen LogP contribution is 2.29. The smallest absolute Gasteiger partial charge is 0.326 e. The van der Waals surface area contributed by atoms with Crippen molar-refractivity contribution in [1.82, 2.24) is 10.2 Å². The standard InChI is InChI=1S/C24H30N2O3S.C9H20O.C2H6/c1-17-7-3-4-8-19(17)21-15-18(16-26-12-5-6-13-26)9-10-20(21)23(27)25-22(24(28)29)11-14-30-2;1-4-6-7-9(5-2)8-10-3;1-2/h3-4,7-10,15,22H,5-6,11-14,16H2,1-2H3,(H,25,27)(H,28,29);9H,4-8H2,1-3H3;1-2H3. The number of unbranched alkanes of at least 4 members (excludes halogenated alkanes) is 1. The van der Waals surface area contributed by atoms with Gasteiger partial charge in [-0.3, -0.25) is 9.69 Å². The zero-order valence-corrected chi connectivity index (χ0v) is 28.0. The molecule has 2 N–H and O–H groups in total. The van der Waals surface area contributed by atoms with Gasteiger partial charge in [0.2, 0.25) is 0 Å². The van der Waals surface area contributed by atoms with Crippen LogP contribution in [0.4, 0.5) is 0 Å². The van der Waals surface area contributed by atoms with Crippen LogP contribution in [0.1, 0.15) is 94.1 Å². The molecule has 0 bridgehead atoms.